The lowest BCUT2D eigenvalue weighted by Gasteiger charge is -2.04. The summed E-state index contributed by atoms with van der Waals surface area (Å²) in [5, 5.41) is 7.09. The summed E-state index contributed by atoms with van der Waals surface area (Å²) in [6.45, 7) is 1.63. The molecule has 0 amide bonds. The molecule has 11 nitrogen and oxygen atoms in total. The highest BCUT2D eigenvalue weighted by molar-refractivity contribution is 7.10. The first kappa shape index (κ1) is 49.4. The number of ketones is 2. The SMILES string of the molecule is COC(=O)/C(=C/c1ccc(C(=O)Cc2nc(-c3ccc(Cl)c(Cl)c3)cs2)cc1)OC.COC(=O)C(C)OC.O=Cc1ccc(C(=O)Cc2nc(-c3ccc(Cl)c(Cl)c3)cs2)cc1. The molecule has 0 N–H and O–H groups in total. The van der Waals surface area contributed by atoms with Crippen molar-refractivity contribution in [3.05, 3.63) is 154 Å². The summed E-state index contributed by atoms with van der Waals surface area (Å²) < 4.78 is 18.6. The number of hydrogen-bond acceptors (Lipinski definition) is 13. The summed E-state index contributed by atoms with van der Waals surface area (Å²) in [7, 11) is 5.46. The summed E-state index contributed by atoms with van der Waals surface area (Å²) in [4.78, 5) is 66.6. The lowest BCUT2D eigenvalue weighted by molar-refractivity contribution is -0.151. The highest BCUT2D eigenvalue weighted by Crippen LogP contribution is 2.31. The molecule has 0 spiro atoms. The van der Waals surface area contributed by atoms with Gasteiger partial charge in [-0.3, -0.25) is 14.4 Å². The third kappa shape index (κ3) is 14.4. The minimum atomic E-state index is -0.570. The number of aldehydes is 1. The number of benzene rings is 4. The second-order valence-electron chi connectivity index (χ2n) is 12.7. The largest absolute Gasteiger partial charge is 0.490 e. The quantitative estimate of drug-likeness (QED) is 0.0338. The number of carbonyl (C=O) groups is 5. The van der Waals surface area contributed by atoms with Gasteiger partial charge in [0, 0.05) is 45.7 Å². The molecule has 62 heavy (non-hydrogen) atoms. The van der Waals surface area contributed by atoms with E-state index in [-0.39, 0.29) is 36.1 Å². The van der Waals surface area contributed by atoms with Crippen LogP contribution in [0.1, 0.15) is 53.6 Å². The third-order valence-corrected chi connectivity index (χ3v) is 11.7. The van der Waals surface area contributed by atoms with E-state index in [2.05, 4.69) is 24.2 Å². The maximum absolute atomic E-state index is 12.6. The number of carbonyl (C=O) groups excluding carboxylic acids is 5. The third-order valence-electron chi connectivity index (χ3n) is 8.55. The Bertz CT molecular complexity index is 2540. The van der Waals surface area contributed by atoms with Crippen LogP contribution in [0, 0.1) is 0 Å². The Morgan fingerprint density at radius 2 is 1.06 bits per heavy atom. The molecule has 0 radical (unpaired) electrons. The molecule has 0 aliphatic heterocycles. The average Bonchev–Trinajstić information content (AvgIpc) is 3.97. The molecule has 1 unspecified atom stereocenters. The van der Waals surface area contributed by atoms with Gasteiger partial charge in [0.05, 0.1) is 65.6 Å². The molecule has 0 bridgehead atoms. The van der Waals surface area contributed by atoms with Crippen LogP contribution in [-0.2, 0) is 41.4 Å². The van der Waals surface area contributed by atoms with Crippen LogP contribution in [0.4, 0.5) is 0 Å². The zero-order chi connectivity index (χ0) is 45.3. The maximum atomic E-state index is 12.6. The van der Waals surface area contributed by atoms with Gasteiger partial charge in [-0.25, -0.2) is 19.6 Å². The first-order valence-electron chi connectivity index (χ1n) is 18.2. The van der Waals surface area contributed by atoms with Gasteiger partial charge in [0.2, 0.25) is 5.76 Å². The molecular formula is C45H38Cl4N2O9S2. The number of rotatable bonds is 14. The molecule has 17 heteroatoms. The summed E-state index contributed by atoms with van der Waals surface area (Å²) in [5.74, 6) is -0.927. The minimum absolute atomic E-state index is 0.0394. The van der Waals surface area contributed by atoms with Crippen molar-refractivity contribution in [1.29, 1.82) is 0 Å². The van der Waals surface area contributed by atoms with Crippen molar-refractivity contribution in [2.45, 2.75) is 25.9 Å². The number of Topliss-reactive ketones (excluding diaryl/α,β-unsaturated/α-hetero) is 2. The second-order valence-corrected chi connectivity index (χ2v) is 16.2. The molecule has 0 aliphatic carbocycles. The molecule has 322 valence electrons. The number of ether oxygens (including phenoxy) is 4. The van der Waals surface area contributed by atoms with Crippen LogP contribution in [0.15, 0.2) is 101 Å². The van der Waals surface area contributed by atoms with Gasteiger partial charge in [-0.2, -0.15) is 0 Å². The van der Waals surface area contributed by atoms with E-state index >= 15 is 0 Å². The zero-order valence-corrected chi connectivity index (χ0v) is 38.4. The lowest BCUT2D eigenvalue weighted by Crippen LogP contribution is -2.19. The maximum Gasteiger partial charge on any atom is 0.373 e. The molecule has 2 aromatic heterocycles. The molecule has 4 aromatic carbocycles. The number of aromatic nitrogens is 2. The van der Waals surface area contributed by atoms with E-state index in [1.54, 1.807) is 85.8 Å². The van der Waals surface area contributed by atoms with Crippen LogP contribution >= 0.6 is 69.1 Å². The molecule has 2 heterocycles. The normalized spacial score (nSPS) is 11.2. The summed E-state index contributed by atoms with van der Waals surface area (Å²) >= 11 is 26.8. The summed E-state index contributed by atoms with van der Waals surface area (Å²) in [6.07, 6.45) is 2.25. The topological polar surface area (TPSA) is 148 Å². The van der Waals surface area contributed by atoms with Gasteiger partial charge in [0.15, 0.2) is 17.7 Å². The van der Waals surface area contributed by atoms with Gasteiger partial charge < -0.3 is 18.9 Å². The van der Waals surface area contributed by atoms with Gasteiger partial charge in [-0.05, 0) is 42.8 Å². The van der Waals surface area contributed by atoms with Gasteiger partial charge in [0.1, 0.15) is 16.3 Å². The molecule has 0 aliphatic rings. The smallest absolute Gasteiger partial charge is 0.373 e. The molecule has 1 atom stereocenters. The Balaban J connectivity index is 0.000000236. The van der Waals surface area contributed by atoms with Crippen LogP contribution in [0.2, 0.25) is 20.1 Å². The van der Waals surface area contributed by atoms with Crippen LogP contribution < -0.4 is 0 Å². The Hall–Kier alpha value is -5.25. The standard InChI is InChI=1S/C22H17Cl2NO4S.C18H11Cl2NO2S.C5H10O3/c1-28-20(22(27)29-2)9-13-3-5-14(6-4-13)19(26)11-21-25-18(12-30-21)15-7-8-16(23)17(24)10-15;19-14-6-5-13(7-15(14)20)16-10-24-18(21-16)8-17(23)12-3-1-11(9-22)2-4-12;1-4(7-2)5(6)8-3/h3-10,12H,11H2,1-2H3;1-7,9-10H,8H2;4H,1-3H3/b20-9-;;. The highest BCUT2D eigenvalue weighted by atomic mass is 35.5. The first-order chi connectivity index (χ1) is 29.7. The van der Waals surface area contributed by atoms with E-state index in [0.717, 1.165) is 33.8 Å². The van der Waals surface area contributed by atoms with E-state index in [0.29, 0.717) is 47.4 Å². The second kappa shape index (κ2) is 24.4. The zero-order valence-electron chi connectivity index (χ0n) is 33.8. The number of thiazole rings is 2. The number of esters is 2. The van der Waals surface area contributed by atoms with Crippen molar-refractivity contribution >= 4 is 105 Å². The molecule has 0 saturated heterocycles. The predicted octanol–water partition coefficient (Wildman–Crippen LogP) is 11.3. The van der Waals surface area contributed by atoms with Gasteiger partial charge >= 0.3 is 11.9 Å². The van der Waals surface area contributed by atoms with Crippen molar-refractivity contribution < 1.29 is 42.9 Å². The summed E-state index contributed by atoms with van der Waals surface area (Å²) in [6, 6.07) is 24.0. The van der Waals surface area contributed by atoms with Crippen molar-refractivity contribution in [1.82, 2.24) is 9.97 Å². The number of nitrogens with zero attached hydrogens (tertiary/aromatic N) is 2. The monoisotopic (exact) mass is 954 g/mol. The Kier molecular flexibility index (Phi) is 19.4. The minimum Gasteiger partial charge on any atom is -0.490 e. The highest BCUT2D eigenvalue weighted by Gasteiger charge is 2.15. The molecule has 6 rings (SSSR count). The van der Waals surface area contributed by atoms with E-state index in [4.69, 9.17) is 51.1 Å². The van der Waals surface area contributed by atoms with Crippen molar-refractivity contribution in [3.63, 3.8) is 0 Å². The molecule has 0 fully saturated rings. The van der Waals surface area contributed by atoms with Crippen LogP contribution in [0.25, 0.3) is 28.6 Å². The van der Waals surface area contributed by atoms with Crippen LogP contribution in [-0.4, -0.2) is 74.3 Å². The van der Waals surface area contributed by atoms with Crippen LogP contribution in [0.3, 0.4) is 0 Å². The molecule has 0 saturated carbocycles. The fourth-order valence-electron chi connectivity index (χ4n) is 5.07. The number of halogens is 4. The van der Waals surface area contributed by atoms with E-state index in [1.807, 2.05) is 22.9 Å². The van der Waals surface area contributed by atoms with Gasteiger partial charge in [-0.1, -0.05) is 107 Å². The Labute approximate surface area is 386 Å². The average molecular weight is 957 g/mol. The van der Waals surface area contributed by atoms with Crippen molar-refractivity contribution in [2.75, 3.05) is 28.4 Å². The Morgan fingerprint density at radius 3 is 1.42 bits per heavy atom. The van der Waals surface area contributed by atoms with E-state index in [1.165, 1.54) is 51.1 Å². The predicted molar refractivity (Wildman–Crippen MR) is 245 cm³/mol. The van der Waals surface area contributed by atoms with E-state index in [9.17, 15) is 24.0 Å². The molecular weight excluding hydrogens is 918 g/mol. The number of hydrogen-bond donors (Lipinski definition) is 0. The fourth-order valence-corrected chi connectivity index (χ4v) is 7.27. The van der Waals surface area contributed by atoms with Gasteiger partial charge in [-0.15, -0.1) is 22.7 Å². The molecule has 6 aromatic rings. The van der Waals surface area contributed by atoms with Crippen molar-refractivity contribution in [2.24, 2.45) is 0 Å². The summed E-state index contributed by atoms with van der Waals surface area (Å²) in [5.41, 5.74) is 5.58. The van der Waals surface area contributed by atoms with Crippen molar-refractivity contribution in [3.8, 4) is 22.5 Å². The Morgan fingerprint density at radius 1 is 0.613 bits per heavy atom. The van der Waals surface area contributed by atoms with Crippen LogP contribution in [0.5, 0.6) is 0 Å². The van der Waals surface area contributed by atoms with Gasteiger partial charge in [0.25, 0.3) is 0 Å². The fraction of sp³-hybridized carbons (Fsp3) is 0.178. The first-order valence-corrected chi connectivity index (χ1v) is 21.4. The lowest BCUT2D eigenvalue weighted by atomic mass is 10.1. The van der Waals surface area contributed by atoms with E-state index < -0.39 is 12.1 Å². The number of methoxy groups -OCH3 is 4.